The van der Waals surface area contributed by atoms with Crippen LogP contribution in [0.15, 0.2) is 52.8 Å². The Morgan fingerprint density at radius 2 is 1.96 bits per heavy atom. The fraction of sp³-hybridized carbons (Fsp3) is 0.200. The van der Waals surface area contributed by atoms with Gasteiger partial charge in [-0.15, -0.1) is 11.3 Å². The van der Waals surface area contributed by atoms with E-state index >= 15 is 0 Å². The predicted octanol–water partition coefficient (Wildman–Crippen LogP) is 7.64. The first kappa shape index (κ1) is 33.0. The van der Waals surface area contributed by atoms with Crippen molar-refractivity contribution in [3.05, 3.63) is 97.1 Å². The summed E-state index contributed by atoms with van der Waals surface area (Å²) in [5, 5.41) is 24.7. The minimum atomic E-state index is -4.84. The van der Waals surface area contributed by atoms with Gasteiger partial charge in [0.1, 0.15) is 30.1 Å². The lowest BCUT2D eigenvalue weighted by molar-refractivity contribution is -0.137. The number of thiophene rings is 1. The van der Waals surface area contributed by atoms with Crippen molar-refractivity contribution in [1.82, 2.24) is 19.5 Å². The number of ether oxygens (including phenoxy) is 1. The van der Waals surface area contributed by atoms with Crippen LogP contribution in [0.1, 0.15) is 38.6 Å². The highest BCUT2D eigenvalue weighted by Gasteiger charge is 2.38. The van der Waals surface area contributed by atoms with Gasteiger partial charge in [0.25, 0.3) is 5.56 Å². The van der Waals surface area contributed by atoms with Gasteiger partial charge in [-0.3, -0.25) is 14.3 Å². The lowest BCUT2D eigenvalue weighted by Gasteiger charge is -2.19. The number of hydrogen-bond acceptors (Lipinski definition) is 9. The Labute approximate surface area is 290 Å². The highest BCUT2D eigenvalue weighted by atomic mass is 35.5. The molecule has 2 N–H and O–H groups in total. The van der Waals surface area contributed by atoms with Gasteiger partial charge in [-0.05, 0) is 62.2 Å². The quantitative estimate of drug-likeness (QED) is 0.170. The fourth-order valence-corrected chi connectivity index (χ4v) is 7.56. The van der Waals surface area contributed by atoms with Crippen LogP contribution in [0.3, 0.4) is 0 Å². The molecular weight excluding hydrogens is 693 g/mol. The molecule has 0 amide bonds. The number of nitrogens with zero attached hydrogens (tertiary/aromatic N) is 5. The Hall–Kier alpha value is -5.52. The molecule has 0 unspecified atom stereocenters. The number of fused-ring (bicyclic) bond motifs is 3. The highest BCUT2D eigenvalue weighted by molar-refractivity contribution is 7.18. The highest BCUT2D eigenvalue weighted by Crippen LogP contribution is 2.44. The Morgan fingerprint density at radius 1 is 1.16 bits per heavy atom. The molecule has 15 heteroatoms. The summed E-state index contributed by atoms with van der Waals surface area (Å²) < 4.78 is 51.7. The zero-order chi connectivity index (χ0) is 35.5. The van der Waals surface area contributed by atoms with Crippen LogP contribution < -0.4 is 15.6 Å². The van der Waals surface area contributed by atoms with Crippen molar-refractivity contribution in [2.45, 2.75) is 33.0 Å². The lowest BCUT2D eigenvalue weighted by atomic mass is 9.89. The van der Waals surface area contributed by atoms with E-state index in [4.69, 9.17) is 16.3 Å². The van der Waals surface area contributed by atoms with Crippen LogP contribution in [-0.4, -0.2) is 43.7 Å². The number of benzene rings is 2. The van der Waals surface area contributed by atoms with Crippen LogP contribution >= 0.6 is 22.9 Å². The average Bonchev–Trinajstić information content (AvgIpc) is 3.73. The molecule has 7 rings (SSSR count). The minimum absolute atomic E-state index is 0.0571. The monoisotopic (exact) mass is 716 g/mol. The van der Waals surface area contributed by atoms with Crippen LogP contribution in [0.5, 0.6) is 5.75 Å². The second-order valence-corrected chi connectivity index (χ2v) is 12.9. The van der Waals surface area contributed by atoms with Gasteiger partial charge in [0.15, 0.2) is 0 Å². The van der Waals surface area contributed by atoms with Gasteiger partial charge in [-0.1, -0.05) is 11.6 Å². The molecule has 50 heavy (non-hydrogen) atoms. The van der Waals surface area contributed by atoms with Crippen LogP contribution in [-0.2, 0) is 19.1 Å². The molecule has 4 aromatic heterocycles. The molecule has 1 aliphatic rings. The molecule has 0 saturated heterocycles. The standard InChI is InChI=1S/C35H24ClF3N6O4S/c1-16-11-22(31-30(43-16)24(15-50-31)34(47)48)21-12-18(36)3-4-27(21)49-10-9-45-17(2)44-26-13-25(35(37,38)39)28(23(14-40)29(26)33(45)46)19-5-7-41-32-20(19)6-8-42-32/h3-5,7,11-13,15H,6,8-10H2,1-2H3,(H,41,42)(H,47,48). The van der Waals surface area contributed by atoms with E-state index < -0.39 is 28.8 Å². The predicted molar refractivity (Wildman–Crippen MR) is 183 cm³/mol. The SMILES string of the molecule is Cc1cc(-c2cc(Cl)ccc2OCCn2c(C)nc3cc(C(F)(F)F)c(-c4ccnc5c4CCN5)c(C#N)c3c2=O)c2scc(C(=O)O)c2n1. The van der Waals surface area contributed by atoms with Crippen LogP contribution in [0, 0.1) is 25.2 Å². The van der Waals surface area contributed by atoms with E-state index in [0.29, 0.717) is 62.2 Å². The van der Waals surface area contributed by atoms with Gasteiger partial charge in [0, 0.05) is 51.1 Å². The van der Waals surface area contributed by atoms with Crippen molar-refractivity contribution >= 4 is 55.8 Å². The van der Waals surface area contributed by atoms with E-state index in [1.807, 2.05) is 6.07 Å². The fourth-order valence-electron chi connectivity index (χ4n) is 6.38. The number of rotatable bonds is 7. The van der Waals surface area contributed by atoms with Crippen molar-refractivity contribution in [2.24, 2.45) is 0 Å². The number of carbonyl (C=O) groups is 1. The number of aromatic carboxylic acids is 1. The second-order valence-electron chi connectivity index (χ2n) is 11.6. The maximum Gasteiger partial charge on any atom is 0.417 e. The Balaban J connectivity index is 1.30. The molecule has 6 aromatic rings. The van der Waals surface area contributed by atoms with Crippen molar-refractivity contribution in [2.75, 3.05) is 18.5 Å². The zero-order valence-electron chi connectivity index (χ0n) is 26.3. The Morgan fingerprint density at radius 3 is 2.70 bits per heavy atom. The molecule has 252 valence electrons. The molecule has 2 aromatic carbocycles. The van der Waals surface area contributed by atoms with Crippen molar-refractivity contribution in [1.29, 1.82) is 5.26 Å². The number of nitrogens with one attached hydrogen (secondary N) is 1. The molecule has 0 fully saturated rings. The average molecular weight is 717 g/mol. The molecule has 0 bridgehead atoms. The molecule has 0 spiro atoms. The van der Waals surface area contributed by atoms with Gasteiger partial charge in [0.05, 0.1) is 44.4 Å². The Kier molecular flexibility index (Phi) is 8.20. The largest absolute Gasteiger partial charge is 0.491 e. The first-order valence-electron chi connectivity index (χ1n) is 15.2. The molecule has 0 aliphatic carbocycles. The summed E-state index contributed by atoms with van der Waals surface area (Å²) in [6.07, 6.45) is -3.08. The number of pyridine rings is 2. The molecule has 0 atom stereocenters. The van der Waals surface area contributed by atoms with E-state index in [1.165, 1.54) is 40.5 Å². The maximum atomic E-state index is 14.6. The zero-order valence-corrected chi connectivity index (χ0v) is 27.8. The van der Waals surface area contributed by atoms with Gasteiger partial charge in [-0.25, -0.2) is 14.8 Å². The van der Waals surface area contributed by atoms with E-state index in [2.05, 4.69) is 20.3 Å². The summed E-state index contributed by atoms with van der Waals surface area (Å²) in [6, 6.07) is 10.9. The third kappa shape index (κ3) is 5.58. The maximum absolute atomic E-state index is 14.6. The van der Waals surface area contributed by atoms with E-state index in [9.17, 15) is 33.1 Å². The molecule has 1 aliphatic heterocycles. The number of hydrogen-bond donors (Lipinski definition) is 2. The summed E-state index contributed by atoms with van der Waals surface area (Å²) in [6.45, 7) is 3.59. The van der Waals surface area contributed by atoms with E-state index in [-0.39, 0.29) is 46.6 Å². The smallest absolute Gasteiger partial charge is 0.417 e. The number of aryl methyl sites for hydroxylation is 2. The summed E-state index contributed by atoms with van der Waals surface area (Å²) in [5.41, 5.74) is 0.138. The second kappa shape index (κ2) is 12.4. The van der Waals surface area contributed by atoms with Crippen molar-refractivity contribution < 1.29 is 27.8 Å². The van der Waals surface area contributed by atoms with Gasteiger partial charge < -0.3 is 15.2 Å². The summed E-state index contributed by atoms with van der Waals surface area (Å²) in [5.74, 6) is -0.147. The molecule has 0 radical (unpaired) electrons. The number of alkyl halides is 3. The number of carboxylic acids is 1. The Bertz CT molecular complexity index is 2510. The van der Waals surface area contributed by atoms with Crippen molar-refractivity contribution in [3.8, 4) is 34.1 Å². The van der Waals surface area contributed by atoms with Crippen LogP contribution in [0.2, 0.25) is 5.02 Å². The third-order valence-electron chi connectivity index (χ3n) is 8.53. The number of carboxylic acid groups (broad SMARTS) is 1. The first-order chi connectivity index (χ1) is 23.9. The topological polar surface area (TPSA) is 143 Å². The number of anilines is 1. The molecular formula is C35H24ClF3N6O4S. The number of halogens is 4. The third-order valence-corrected chi connectivity index (χ3v) is 9.77. The number of nitriles is 1. The van der Waals surface area contributed by atoms with Crippen LogP contribution in [0.4, 0.5) is 19.0 Å². The van der Waals surface area contributed by atoms with Crippen LogP contribution in [0.25, 0.3) is 43.4 Å². The first-order valence-corrected chi connectivity index (χ1v) is 16.5. The number of aromatic nitrogens is 4. The molecule has 5 heterocycles. The summed E-state index contributed by atoms with van der Waals surface area (Å²) >= 11 is 7.60. The summed E-state index contributed by atoms with van der Waals surface area (Å²) in [7, 11) is 0. The lowest BCUT2D eigenvalue weighted by Crippen LogP contribution is -2.27. The normalized spacial score (nSPS) is 12.6. The minimum Gasteiger partial charge on any atom is -0.491 e. The van der Waals surface area contributed by atoms with E-state index in [1.54, 1.807) is 31.2 Å². The van der Waals surface area contributed by atoms with Gasteiger partial charge in [-0.2, -0.15) is 18.4 Å². The molecule has 10 nitrogen and oxygen atoms in total. The van der Waals surface area contributed by atoms with Crippen molar-refractivity contribution in [3.63, 3.8) is 0 Å². The van der Waals surface area contributed by atoms with E-state index in [0.717, 1.165) is 6.07 Å². The summed E-state index contributed by atoms with van der Waals surface area (Å²) in [4.78, 5) is 38.9. The van der Waals surface area contributed by atoms with Gasteiger partial charge in [0.2, 0.25) is 0 Å². The van der Waals surface area contributed by atoms with Gasteiger partial charge >= 0.3 is 12.1 Å². The molecule has 0 saturated carbocycles.